The fraction of sp³-hybridized carbons (Fsp3) is 0.0833. The SMILES string of the molecule is CSc1nnc(Nc2ccccc2O)cc1C(=O)O. The third-order valence-corrected chi connectivity index (χ3v) is 3.04. The number of aromatic carboxylic acids is 1. The van der Waals surface area contributed by atoms with E-state index in [2.05, 4.69) is 15.5 Å². The summed E-state index contributed by atoms with van der Waals surface area (Å²) < 4.78 is 0. The normalized spacial score (nSPS) is 10.2. The quantitative estimate of drug-likeness (QED) is 0.583. The molecule has 0 bridgehead atoms. The highest BCUT2D eigenvalue weighted by Gasteiger charge is 2.13. The van der Waals surface area contributed by atoms with Crippen molar-refractivity contribution >= 4 is 29.2 Å². The van der Waals surface area contributed by atoms with E-state index in [0.29, 0.717) is 10.7 Å². The Hall–Kier alpha value is -2.28. The van der Waals surface area contributed by atoms with E-state index in [9.17, 15) is 9.90 Å². The number of rotatable bonds is 4. The fourth-order valence-corrected chi connectivity index (χ4v) is 1.95. The topological polar surface area (TPSA) is 95.3 Å². The van der Waals surface area contributed by atoms with Crippen LogP contribution in [0.2, 0.25) is 0 Å². The Balaban J connectivity index is 2.34. The number of hydrogen-bond donors (Lipinski definition) is 3. The molecule has 1 aromatic heterocycles. The van der Waals surface area contributed by atoms with Crippen molar-refractivity contribution in [2.75, 3.05) is 11.6 Å². The minimum absolute atomic E-state index is 0.0510. The van der Waals surface area contributed by atoms with Crippen LogP contribution in [0.3, 0.4) is 0 Å². The summed E-state index contributed by atoms with van der Waals surface area (Å²) in [6.07, 6.45) is 1.73. The van der Waals surface area contributed by atoms with Crippen molar-refractivity contribution in [3.8, 4) is 5.75 Å². The van der Waals surface area contributed by atoms with Crippen LogP contribution in [0.4, 0.5) is 11.5 Å². The van der Waals surface area contributed by atoms with Crippen LogP contribution in [0.15, 0.2) is 35.4 Å². The Labute approximate surface area is 113 Å². The zero-order valence-electron chi connectivity index (χ0n) is 9.99. The molecule has 1 heterocycles. The lowest BCUT2D eigenvalue weighted by Crippen LogP contribution is -2.05. The maximum absolute atomic E-state index is 11.1. The van der Waals surface area contributed by atoms with Gasteiger partial charge in [0.15, 0.2) is 5.82 Å². The lowest BCUT2D eigenvalue weighted by atomic mass is 10.2. The summed E-state index contributed by atoms with van der Waals surface area (Å²) in [5.74, 6) is -0.758. The van der Waals surface area contributed by atoms with Gasteiger partial charge in [0.2, 0.25) is 0 Å². The zero-order chi connectivity index (χ0) is 13.8. The van der Waals surface area contributed by atoms with Gasteiger partial charge in [0, 0.05) is 0 Å². The summed E-state index contributed by atoms with van der Waals surface area (Å²) in [6.45, 7) is 0. The number of anilines is 2. The molecule has 19 heavy (non-hydrogen) atoms. The van der Waals surface area contributed by atoms with Gasteiger partial charge in [-0.25, -0.2) is 4.79 Å². The van der Waals surface area contributed by atoms with Crippen LogP contribution in [-0.4, -0.2) is 32.6 Å². The number of nitrogens with zero attached hydrogens (tertiary/aromatic N) is 2. The van der Waals surface area contributed by atoms with E-state index in [1.165, 1.54) is 23.9 Å². The van der Waals surface area contributed by atoms with E-state index in [0.717, 1.165) is 0 Å². The van der Waals surface area contributed by atoms with E-state index in [4.69, 9.17) is 5.11 Å². The van der Waals surface area contributed by atoms with Crippen molar-refractivity contribution in [2.24, 2.45) is 0 Å². The number of benzene rings is 1. The molecule has 0 atom stereocenters. The first-order valence-electron chi connectivity index (χ1n) is 5.32. The Morgan fingerprint density at radius 1 is 1.32 bits per heavy atom. The summed E-state index contributed by atoms with van der Waals surface area (Å²) in [5.41, 5.74) is 0.505. The molecule has 0 fully saturated rings. The third kappa shape index (κ3) is 2.94. The van der Waals surface area contributed by atoms with Gasteiger partial charge in [-0.15, -0.1) is 22.0 Å². The van der Waals surface area contributed by atoms with Gasteiger partial charge < -0.3 is 15.5 Å². The maximum atomic E-state index is 11.1. The highest BCUT2D eigenvalue weighted by molar-refractivity contribution is 7.98. The minimum atomic E-state index is -1.07. The number of para-hydroxylation sites is 2. The molecule has 7 heteroatoms. The van der Waals surface area contributed by atoms with Crippen molar-refractivity contribution < 1.29 is 15.0 Å². The molecule has 0 saturated heterocycles. The molecule has 0 radical (unpaired) electrons. The van der Waals surface area contributed by atoms with Crippen molar-refractivity contribution in [2.45, 2.75) is 5.03 Å². The number of phenolic OH excluding ortho intramolecular Hbond substituents is 1. The first kappa shape index (κ1) is 13.2. The summed E-state index contributed by atoms with van der Waals surface area (Å²) in [6, 6.07) is 7.98. The first-order valence-corrected chi connectivity index (χ1v) is 6.54. The molecular weight excluding hydrogens is 266 g/mol. The number of thioether (sulfide) groups is 1. The van der Waals surface area contributed by atoms with Gasteiger partial charge in [-0.2, -0.15) is 0 Å². The number of carboxylic acids is 1. The average Bonchev–Trinajstić information content (AvgIpc) is 2.41. The molecule has 0 amide bonds. The van der Waals surface area contributed by atoms with Crippen LogP contribution in [0, 0.1) is 0 Å². The van der Waals surface area contributed by atoms with Gasteiger partial charge in [-0.1, -0.05) is 12.1 Å². The van der Waals surface area contributed by atoms with E-state index in [1.807, 2.05) is 0 Å². The monoisotopic (exact) mass is 277 g/mol. The van der Waals surface area contributed by atoms with Crippen LogP contribution in [0.1, 0.15) is 10.4 Å². The number of aromatic hydroxyl groups is 1. The molecule has 98 valence electrons. The van der Waals surface area contributed by atoms with Crippen LogP contribution in [0.5, 0.6) is 5.75 Å². The van der Waals surface area contributed by atoms with E-state index < -0.39 is 5.97 Å². The molecule has 6 nitrogen and oxygen atoms in total. The zero-order valence-corrected chi connectivity index (χ0v) is 10.8. The Morgan fingerprint density at radius 3 is 2.68 bits per heavy atom. The number of hydrogen-bond acceptors (Lipinski definition) is 6. The van der Waals surface area contributed by atoms with Gasteiger partial charge in [-0.05, 0) is 24.5 Å². The number of phenols is 1. The van der Waals surface area contributed by atoms with E-state index in [1.54, 1.807) is 24.5 Å². The molecule has 1 aromatic carbocycles. The van der Waals surface area contributed by atoms with E-state index in [-0.39, 0.29) is 17.1 Å². The highest BCUT2D eigenvalue weighted by atomic mass is 32.2. The Bertz CT molecular complexity index is 619. The predicted molar refractivity (Wildman–Crippen MR) is 72.2 cm³/mol. The van der Waals surface area contributed by atoms with Crippen molar-refractivity contribution in [1.82, 2.24) is 10.2 Å². The van der Waals surface area contributed by atoms with Gasteiger partial charge in [0.25, 0.3) is 0 Å². The Morgan fingerprint density at radius 2 is 2.05 bits per heavy atom. The van der Waals surface area contributed by atoms with Crippen molar-refractivity contribution in [1.29, 1.82) is 0 Å². The van der Waals surface area contributed by atoms with Gasteiger partial charge in [-0.3, -0.25) is 0 Å². The fourth-order valence-electron chi connectivity index (χ4n) is 1.46. The number of nitrogens with one attached hydrogen (secondary N) is 1. The molecule has 3 N–H and O–H groups in total. The van der Waals surface area contributed by atoms with Crippen LogP contribution < -0.4 is 5.32 Å². The number of carboxylic acid groups (broad SMARTS) is 1. The van der Waals surface area contributed by atoms with Gasteiger partial charge in [0.1, 0.15) is 10.8 Å². The van der Waals surface area contributed by atoms with Gasteiger partial charge >= 0.3 is 5.97 Å². The van der Waals surface area contributed by atoms with Crippen LogP contribution in [-0.2, 0) is 0 Å². The summed E-state index contributed by atoms with van der Waals surface area (Å²) in [4.78, 5) is 11.1. The molecular formula is C12H11N3O3S. The maximum Gasteiger partial charge on any atom is 0.338 e. The van der Waals surface area contributed by atoms with Gasteiger partial charge in [0.05, 0.1) is 11.3 Å². The number of aromatic nitrogens is 2. The molecule has 2 aromatic rings. The largest absolute Gasteiger partial charge is 0.506 e. The summed E-state index contributed by atoms with van der Waals surface area (Å²) in [5, 5.41) is 29.6. The predicted octanol–water partition coefficient (Wildman–Crippen LogP) is 2.35. The second-order valence-corrected chi connectivity index (χ2v) is 4.39. The van der Waals surface area contributed by atoms with E-state index >= 15 is 0 Å². The molecule has 2 rings (SSSR count). The molecule has 0 spiro atoms. The molecule has 0 aliphatic rings. The average molecular weight is 277 g/mol. The third-order valence-electron chi connectivity index (χ3n) is 2.35. The molecule has 0 unspecified atom stereocenters. The number of carbonyl (C=O) groups is 1. The minimum Gasteiger partial charge on any atom is -0.506 e. The molecule has 0 aliphatic carbocycles. The van der Waals surface area contributed by atoms with Crippen LogP contribution in [0.25, 0.3) is 0 Å². The highest BCUT2D eigenvalue weighted by Crippen LogP contribution is 2.26. The second kappa shape index (κ2) is 5.57. The second-order valence-electron chi connectivity index (χ2n) is 3.60. The standard InChI is InChI=1S/C12H11N3O3S/c1-19-11-7(12(17)18)6-10(14-15-11)13-8-4-2-3-5-9(8)16/h2-6,16H,1H3,(H,13,14)(H,17,18). The summed E-state index contributed by atoms with van der Waals surface area (Å²) in [7, 11) is 0. The smallest absolute Gasteiger partial charge is 0.338 e. The first-order chi connectivity index (χ1) is 9.11. The van der Waals surface area contributed by atoms with Crippen LogP contribution >= 0.6 is 11.8 Å². The molecule has 0 aliphatic heterocycles. The van der Waals surface area contributed by atoms with Crippen molar-refractivity contribution in [3.05, 3.63) is 35.9 Å². The Kier molecular flexibility index (Phi) is 3.86. The summed E-state index contributed by atoms with van der Waals surface area (Å²) >= 11 is 1.21. The molecule has 0 saturated carbocycles. The van der Waals surface area contributed by atoms with Crippen molar-refractivity contribution in [3.63, 3.8) is 0 Å². The lowest BCUT2D eigenvalue weighted by Gasteiger charge is -2.08. The lowest BCUT2D eigenvalue weighted by molar-refractivity contribution is 0.0692.